The molecule has 33 heavy (non-hydrogen) atoms. The van der Waals surface area contributed by atoms with E-state index in [1.54, 1.807) is 42.5 Å². The molecule has 0 atom stereocenters. The Morgan fingerprint density at radius 3 is 2.58 bits per heavy atom. The van der Waals surface area contributed by atoms with Crippen molar-refractivity contribution in [1.82, 2.24) is 5.48 Å². The molecule has 4 rings (SSSR count). The van der Waals surface area contributed by atoms with Gasteiger partial charge >= 0.3 is 0 Å². The molecule has 1 aromatic heterocycles. The molecule has 3 aromatic rings. The van der Waals surface area contributed by atoms with Gasteiger partial charge in [-0.05, 0) is 48.5 Å². The highest BCUT2D eigenvalue weighted by Crippen LogP contribution is 2.35. The van der Waals surface area contributed by atoms with Crippen LogP contribution in [0.1, 0.15) is 0 Å². The zero-order valence-electron chi connectivity index (χ0n) is 17.2. The highest BCUT2D eigenvalue weighted by atomic mass is 35.5. The highest BCUT2D eigenvalue weighted by molar-refractivity contribution is 7.92. The lowest BCUT2D eigenvalue weighted by atomic mass is 10.3. The molecule has 0 radical (unpaired) electrons. The topological polar surface area (TPSA) is 120 Å². The molecule has 1 aliphatic rings. The maximum atomic E-state index is 12.5. The lowest BCUT2D eigenvalue weighted by Crippen LogP contribution is -2.30. The predicted molar refractivity (Wildman–Crippen MR) is 126 cm³/mol. The van der Waals surface area contributed by atoms with Crippen LogP contribution >= 0.6 is 22.9 Å². The van der Waals surface area contributed by atoms with Crippen molar-refractivity contribution in [3.8, 4) is 17.2 Å². The largest absolute Gasteiger partial charge is 0.473 e. The molecule has 0 spiro atoms. The van der Waals surface area contributed by atoms with Gasteiger partial charge in [0.05, 0.1) is 11.4 Å². The van der Waals surface area contributed by atoms with Crippen LogP contribution in [0, 0.1) is 0 Å². The van der Waals surface area contributed by atoms with Crippen molar-refractivity contribution in [3.05, 3.63) is 58.9 Å². The molecule has 0 saturated heterocycles. The Kier molecular flexibility index (Phi) is 7.08. The predicted octanol–water partition coefficient (Wildman–Crippen LogP) is 3.89. The minimum Gasteiger partial charge on any atom is -0.473 e. The lowest BCUT2D eigenvalue weighted by molar-refractivity contribution is 0.144. The van der Waals surface area contributed by atoms with E-state index in [4.69, 9.17) is 30.6 Å². The van der Waals surface area contributed by atoms with E-state index in [1.165, 1.54) is 19.2 Å². The number of anilines is 2. The second-order valence-corrected chi connectivity index (χ2v) is 10.0. The zero-order valence-corrected chi connectivity index (χ0v) is 19.6. The lowest BCUT2D eigenvalue weighted by Gasteiger charge is -2.12. The number of benzene rings is 2. The summed E-state index contributed by atoms with van der Waals surface area (Å²) in [5.41, 5.74) is 3.80. The van der Waals surface area contributed by atoms with Crippen LogP contribution in [-0.4, -0.2) is 35.0 Å². The summed E-state index contributed by atoms with van der Waals surface area (Å²) in [7, 11) is -2.61. The fraction of sp³-hybridized carbons (Fsp3) is 0.150. The SMILES string of the molecule is CONC(=NS(=O)(=O)c1ccc(Cl)s1)Nc1ccc(NCOc2ccc3c(c2)OCO3)cc1. The van der Waals surface area contributed by atoms with Gasteiger partial charge in [-0.3, -0.25) is 4.84 Å². The molecule has 0 saturated carbocycles. The second-order valence-electron chi connectivity index (χ2n) is 6.46. The van der Waals surface area contributed by atoms with Crippen molar-refractivity contribution in [2.75, 3.05) is 31.3 Å². The normalized spacial score (nSPS) is 13.0. The van der Waals surface area contributed by atoms with Crippen LogP contribution in [0.25, 0.3) is 0 Å². The molecule has 2 aromatic carbocycles. The van der Waals surface area contributed by atoms with E-state index in [1.807, 2.05) is 0 Å². The van der Waals surface area contributed by atoms with E-state index in [0.29, 0.717) is 27.3 Å². The summed E-state index contributed by atoms with van der Waals surface area (Å²) in [5.74, 6) is 1.88. The Morgan fingerprint density at radius 1 is 1.09 bits per heavy atom. The zero-order chi connectivity index (χ0) is 23.3. The van der Waals surface area contributed by atoms with Crippen LogP contribution in [0.2, 0.25) is 4.34 Å². The first-order valence-corrected chi connectivity index (χ1v) is 12.1. The number of thiophene rings is 1. The fourth-order valence-corrected chi connectivity index (χ4v) is 5.11. The van der Waals surface area contributed by atoms with Gasteiger partial charge < -0.3 is 24.8 Å². The molecule has 0 amide bonds. The molecule has 3 N–H and O–H groups in total. The first-order valence-electron chi connectivity index (χ1n) is 9.46. The van der Waals surface area contributed by atoms with Gasteiger partial charge in [-0.25, -0.2) is 5.48 Å². The summed E-state index contributed by atoms with van der Waals surface area (Å²) < 4.78 is 45.3. The minimum absolute atomic E-state index is 0.0201. The van der Waals surface area contributed by atoms with Gasteiger partial charge in [0.2, 0.25) is 12.8 Å². The molecule has 10 nitrogen and oxygen atoms in total. The van der Waals surface area contributed by atoms with Gasteiger partial charge in [0.25, 0.3) is 10.0 Å². The van der Waals surface area contributed by atoms with Crippen molar-refractivity contribution < 1.29 is 27.5 Å². The Labute approximate surface area is 199 Å². The smallest absolute Gasteiger partial charge is 0.295 e. The van der Waals surface area contributed by atoms with Gasteiger partial charge in [-0.2, -0.15) is 8.42 Å². The number of nitrogens with zero attached hydrogens (tertiary/aromatic N) is 1. The standard InChI is InChI=1S/C20H19ClN4O6S2/c1-28-24-20(25-33(26,27)19-9-8-18(21)32-19)23-14-4-2-13(3-5-14)22-11-29-15-6-7-16-17(10-15)31-12-30-16/h2-10,22H,11-12H2,1H3,(H2,23,24,25). The van der Waals surface area contributed by atoms with Crippen molar-refractivity contribution >= 4 is 50.3 Å². The van der Waals surface area contributed by atoms with Crippen LogP contribution < -0.4 is 30.3 Å². The minimum atomic E-state index is -3.96. The summed E-state index contributed by atoms with van der Waals surface area (Å²) in [6.07, 6.45) is 0. The van der Waals surface area contributed by atoms with Crippen LogP contribution in [0.3, 0.4) is 0 Å². The van der Waals surface area contributed by atoms with Crippen LogP contribution in [0.5, 0.6) is 17.2 Å². The summed E-state index contributed by atoms with van der Waals surface area (Å²) in [6.45, 7) is 0.435. The third-order valence-electron chi connectivity index (χ3n) is 4.22. The maximum absolute atomic E-state index is 12.5. The van der Waals surface area contributed by atoms with E-state index < -0.39 is 10.0 Å². The summed E-state index contributed by atoms with van der Waals surface area (Å²) in [6, 6.07) is 15.3. The third-order valence-corrected chi connectivity index (χ3v) is 7.19. The monoisotopic (exact) mass is 510 g/mol. The Hall–Kier alpha value is -3.19. The van der Waals surface area contributed by atoms with Gasteiger partial charge in [0, 0.05) is 17.4 Å². The van der Waals surface area contributed by atoms with E-state index in [9.17, 15) is 8.42 Å². The number of hydroxylamine groups is 1. The fourth-order valence-electron chi connectivity index (χ4n) is 2.74. The number of halogens is 1. The van der Waals surface area contributed by atoms with Crippen molar-refractivity contribution in [2.45, 2.75) is 4.21 Å². The number of nitrogens with one attached hydrogen (secondary N) is 3. The average Bonchev–Trinajstić information content (AvgIpc) is 3.44. The molecular formula is C20H19ClN4O6S2. The maximum Gasteiger partial charge on any atom is 0.295 e. The number of sulfonamides is 1. The molecule has 0 unspecified atom stereocenters. The van der Waals surface area contributed by atoms with Gasteiger partial charge in [0.15, 0.2) is 18.2 Å². The molecule has 0 fully saturated rings. The molecule has 0 bridgehead atoms. The van der Waals surface area contributed by atoms with Gasteiger partial charge in [-0.1, -0.05) is 11.6 Å². The number of ether oxygens (including phenoxy) is 3. The molecule has 0 aliphatic carbocycles. The number of rotatable bonds is 8. The average molecular weight is 511 g/mol. The van der Waals surface area contributed by atoms with Crippen LogP contribution in [0.4, 0.5) is 11.4 Å². The third kappa shape index (κ3) is 5.99. The number of guanidine groups is 1. The van der Waals surface area contributed by atoms with Gasteiger partial charge in [-0.15, -0.1) is 15.7 Å². The summed E-state index contributed by atoms with van der Waals surface area (Å²) in [4.78, 5) is 4.83. The molecule has 2 heterocycles. The first kappa shape index (κ1) is 23.0. The van der Waals surface area contributed by atoms with Crippen LogP contribution in [-0.2, 0) is 14.9 Å². The van der Waals surface area contributed by atoms with E-state index in [-0.39, 0.29) is 23.7 Å². The first-order chi connectivity index (χ1) is 15.9. The highest BCUT2D eigenvalue weighted by Gasteiger charge is 2.18. The van der Waals surface area contributed by atoms with E-state index in [2.05, 4.69) is 20.5 Å². The van der Waals surface area contributed by atoms with Gasteiger partial charge in [0.1, 0.15) is 9.96 Å². The molecule has 13 heteroatoms. The Morgan fingerprint density at radius 2 is 1.85 bits per heavy atom. The summed E-state index contributed by atoms with van der Waals surface area (Å²) >= 11 is 6.74. The number of hydrogen-bond acceptors (Lipinski definition) is 8. The number of hydrogen-bond donors (Lipinski definition) is 3. The molecule has 174 valence electrons. The van der Waals surface area contributed by atoms with Crippen LogP contribution in [0.15, 0.2) is 63.2 Å². The van der Waals surface area contributed by atoms with Crippen molar-refractivity contribution in [3.63, 3.8) is 0 Å². The van der Waals surface area contributed by atoms with Crippen molar-refractivity contribution in [1.29, 1.82) is 0 Å². The number of fused-ring (bicyclic) bond motifs is 1. The van der Waals surface area contributed by atoms with E-state index >= 15 is 0 Å². The Balaban J connectivity index is 1.35. The van der Waals surface area contributed by atoms with Crippen molar-refractivity contribution in [2.24, 2.45) is 4.40 Å². The quantitative estimate of drug-likeness (QED) is 0.179. The molecule has 1 aliphatic heterocycles. The second kappa shape index (κ2) is 10.2. The summed E-state index contributed by atoms with van der Waals surface area (Å²) in [5, 5.41) is 6.00. The molecular weight excluding hydrogens is 492 g/mol. The van der Waals surface area contributed by atoms with E-state index in [0.717, 1.165) is 17.0 Å². The Bertz CT molecular complexity index is 1250.